The Labute approximate surface area is 114 Å². The molecule has 1 aliphatic rings. The third-order valence-electron chi connectivity index (χ3n) is 3.58. The van der Waals surface area contributed by atoms with E-state index in [0.717, 1.165) is 18.7 Å². The maximum atomic E-state index is 12.4. The smallest absolute Gasteiger partial charge is 0.369 e. The number of fused-ring (bicyclic) bond motifs is 1. The fourth-order valence-electron chi connectivity index (χ4n) is 2.44. The molecule has 0 spiro atoms. The molecule has 2 nitrogen and oxygen atoms in total. The highest BCUT2D eigenvalue weighted by Crippen LogP contribution is 2.34. The SMILES string of the molecule is FC(F)(F)c1ccc(NCC2Cc3ccccc32)nc1. The maximum absolute atomic E-state index is 12.4. The number of aromatic nitrogens is 1. The number of rotatable bonds is 3. The molecule has 1 aromatic carbocycles. The summed E-state index contributed by atoms with van der Waals surface area (Å²) in [5, 5.41) is 3.09. The van der Waals surface area contributed by atoms with E-state index in [1.54, 1.807) is 0 Å². The second kappa shape index (κ2) is 4.81. The van der Waals surface area contributed by atoms with Crippen molar-refractivity contribution >= 4 is 5.82 Å². The van der Waals surface area contributed by atoms with Crippen LogP contribution in [0.4, 0.5) is 19.0 Å². The van der Waals surface area contributed by atoms with Crippen molar-refractivity contribution in [2.75, 3.05) is 11.9 Å². The first-order chi connectivity index (χ1) is 9.54. The Hall–Kier alpha value is -2.04. The molecule has 1 aromatic heterocycles. The first-order valence-electron chi connectivity index (χ1n) is 6.39. The van der Waals surface area contributed by atoms with Crippen LogP contribution in [0.3, 0.4) is 0 Å². The summed E-state index contributed by atoms with van der Waals surface area (Å²) >= 11 is 0. The molecule has 1 unspecified atom stereocenters. The molecule has 0 radical (unpaired) electrons. The van der Waals surface area contributed by atoms with Gasteiger partial charge in [0.05, 0.1) is 5.56 Å². The van der Waals surface area contributed by atoms with Gasteiger partial charge in [0.2, 0.25) is 0 Å². The van der Waals surface area contributed by atoms with Gasteiger partial charge in [0.15, 0.2) is 0 Å². The van der Waals surface area contributed by atoms with Crippen LogP contribution in [0.1, 0.15) is 22.6 Å². The van der Waals surface area contributed by atoms with Crippen LogP contribution in [0.2, 0.25) is 0 Å². The minimum absolute atomic E-state index is 0.412. The zero-order valence-electron chi connectivity index (χ0n) is 10.6. The highest BCUT2D eigenvalue weighted by atomic mass is 19.4. The van der Waals surface area contributed by atoms with Crippen molar-refractivity contribution in [3.8, 4) is 0 Å². The predicted octanol–water partition coefficient (Wildman–Crippen LogP) is 3.85. The van der Waals surface area contributed by atoms with Crippen LogP contribution in [0.25, 0.3) is 0 Å². The number of nitrogens with one attached hydrogen (secondary N) is 1. The van der Waals surface area contributed by atoms with Crippen LogP contribution in [0, 0.1) is 0 Å². The number of benzene rings is 1. The quantitative estimate of drug-likeness (QED) is 0.922. The number of alkyl halides is 3. The summed E-state index contributed by atoms with van der Waals surface area (Å²) in [4.78, 5) is 3.80. The molecule has 104 valence electrons. The van der Waals surface area contributed by atoms with Gasteiger partial charge in [0.1, 0.15) is 5.82 Å². The van der Waals surface area contributed by atoms with E-state index in [-0.39, 0.29) is 0 Å². The van der Waals surface area contributed by atoms with Gasteiger partial charge in [-0.05, 0) is 29.7 Å². The Balaban J connectivity index is 1.60. The van der Waals surface area contributed by atoms with Crippen molar-refractivity contribution in [2.24, 2.45) is 0 Å². The highest BCUT2D eigenvalue weighted by molar-refractivity contribution is 5.43. The van der Waals surface area contributed by atoms with Gasteiger partial charge in [-0.1, -0.05) is 24.3 Å². The number of hydrogen-bond donors (Lipinski definition) is 1. The number of anilines is 1. The fourth-order valence-corrected chi connectivity index (χ4v) is 2.44. The second-order valence-electron chi connectivity index (χ2n) is 4.91. The van der Waals surface area contributed by atoms with Gasteiger partial charge in [0.25, 0.3) is 0 Å². The lowest BCUT2D eigenvalue weighted by Crippen LogP contribution is -2.24. The third-order valence-corrected chi connectivity index (χ3v) is 3.58. The van der Waals surface area contributed by atoms with Crippen LogP contribution >= 0.6 is 0 Å². The number of pyridine rings is 1. The van der Waals surface area contributed by atoms with Crippen molar-refractivity contribution in [3.63, 3.8) is 0 Å². The van der Waals surface area contributed by atoms with Crippen LogP contribution in [-0.2, 0) is 12.6 Å². The Morgan fingerprint density at radius 1 is 1.15 bits per heavy atom. The van der Waals surface area contributed by atoms with Gasteiger partial charge < -0.3 is 5.32 Å². The third kappa shape index (κ3) is 2.48. The van der Waals surface area contributed by atoms with Gasteiger partial charge in [-0.25, -0.2) is 4.98 Å². The van der Waals surface area contributed by atoms with Crippen molar-refractivity contribution in [1.82, 2.24) is 4.98 Å². The summed E-state index contributed by atoms with van der Waals surface area (Å²) in [6, 6.07) is 10.6. The normalized spacial score (nSPS) is 17.2. The zero-order valence-corrected chi connectivity index (χ0v) is 10.6. The van der Waals surface area contributed by atoms with E-state index in [0.29, 0.717) is 18.3 Å². The lowest BCUT2D eigenvalue weighted by atomic mass is 9.77. The summed E-state index contributed by atoms with van der Waals surface area (Å²) in [5.41, 5.74) is 1.93. The molecule has 0 saturated heterocycles. The first kappa shape index (κ1) is 13.0. The van der Waals surface area contributed by atoms with E-state index in [9.17, 15) is 13.2 Å². The van der Waals surface area contributed by atoms with Crippen molar-refractivity contribution < 1.29 is 13.2 Å². The molecule has 1 heterocycles. The molecule has 3 rings (SSSR count). The van der Waals surface area contributed by atoms with Gasteiger partial charge in [-0.2, -0.15) is 13.2 Å². The minimum atomic E-state index is -4.33. The second-order valence-corrected chi connectivity index (χ2v) is 4.91. The Kier molecular flexibility index (Phi) is 3.12. The van der Waals surface area contributed by atoms with Crippen LogP contribution in [0.5, 0.6) is 0 Å². The summed E-state index contributed by atoms with van der Waals surface area (Å²) in [6.07, 6.45) is -2.47. The number of nitrogens with zero attached hydrogens (tertiary/aromatic N) is 1. The van der Waals surface area contributed by atoms with Crippen molar-refractivity contribution in [3.05, 3.63) is 59.3 Å². The molecule has 0 bridgehead atoms. The van der Waals surface area contributed by atoms with Gasteiger partial charge >= 0.3 is 6.18 Å². The average molecular weight is 278 g/mol. The van der Waals surface area contributed by atoms with Gasteiger partial charge in [0, 0.05) is 18.7 Å². The molecule has 0 amide bonds. The molecule has 1 atom stereocenters. The van der Waals surface area contributed by atoms with Crippen molar-refractivity contribution in [1.29, 1.82) is 0 Å². The Bertz CT molecular complexity index is 605. The van der Waals surface area contributed by atoms with Crippen LogP contribution < -0.4 is 5.32 Å². The molecule has 2 aromatic rings. The zero-order chi connectivity index (χ0) is 14.2. The maximum Gasteiger partial charge on any atom is 0.417 e. The molecule has 1 N–H and O–H groups in total. The predicted molar refractivity (Wildman–Crippen MR) is 70.6 cm³/mol. The average Bonchev–Trinajstić information content (AvgIpc) is 2.39. The largest absolute Gasteiger partial charge is 0.417 e. The van der Waals surface area contributed by atoms with E-state index in [2.05, 4.69) is 22.4 Å². The van der Waals surface area contributed by atoms with E-state index in [1.807, 2.05) is 12.1 Å². The highest BCUT2D eigenvalue weighted by Gasteiger charge is 2.30. The Morgan fingerprint density at radius 2 is 1.95 bits per heavy atom. The molecule has 20 heavy (non-hydrogen) atoms. The van der Waals surface area contributed by atoms with Gasteiger partial charge in [-0.3, -0.25) is 0 Å². The monoisotopic (exact) mass is 278 g/mol. The molecule has 0 fully saturated rings. The molecule has 5 heteroatoms. The molecular weight excluding hydrogens is 265 g/mol. The standard InChI is InChI=1S/C15H13F3N2/c16-15(17,18)12-5-6-14(20-9-12)19-8-11-7-10-3-1-2-4-13(10)11/h1-6,9,11H,7-8H2,(H,19,20). The number of halogens is 3. The molecule has 0 aliphatic heterocycles. The van der Waals surface area contributed by atoms with Crippen molar-refractivity contribution in [2.45, 2.75) is 18.5 Å². The van der Waals surface area contributed by atoms with Gasteiger partial charge in [-0.15, -0.1) is 0 Å². The summed E-state index contributed by atoms with van der Waals surface area (Å²) in [5.74, 6) is 0.887. The summed E-state index contributed by atoms with van der Waals surface area (Å²) in [6.45, 7) is 0.690. The van der Waals surface area contributed by atoms with E-state index in [1.165, 1.54) is 17.2 Å². The first-order valence-corrected chi connectivity index (χ1v) is 6.39. The van der Waals surface area contributed by atoms with E-state index < -0.39 is 11.7 Å². The van der Waals surface area contributed by atoms with E-state index >= 15 is 0 Å². The molecule has 1 aliphatic carbocycles. The lowest BCUT2D eigenvalue weighted by Gasteiger charge is -2.30. The molecule has 0 saturated carbocycles. The fraction of sp³-hybridized carbons (Fsp3) is 0.267. The molecular formula is C15H13F3N2. The Morgan fingerprint density at radius 3 is 2.60 bits per heavy atom. The summed E-state index contributed by atoms with van der Waals surface area (Å²) < 4.78 is 37.2. The lowest BCUT2D eigenvalue weighted by molar-refractivity contribution is -0.137. The minimum Gasteiger partial charge on any atom is -0.369 e. The topological polar surface area (TPSA) is 24.9 Å². The van der Waals surface area contributed by atoms with Crippen LogP contribution in [0.15, 0.2) is 42.6 Å². The van der Waals surface area contributed by atoms with Crippen LogP contribution in [-0.4, -0.2) is 11.5 Å². The summed E-state index contributed by atoms with van der Waals surface area (Å²) in [7, 11) is 0. The van der Waals surface area contributed by atoms with E-state index in [4.69, 9.17) is 0 Å². The number of hydrogen-bond acceptors (Lipinski definition) is 2.